The summed E-state index contributed by atoms with van der Waals surface area (Å²) in [6.45, 7) is 3.98. The monoisotopic (exact) mass is 539 g/mol. The van der Waals surface area contributed by atoms with E-state index in [0.29, 0.717) is 35.7 Å². The first-order valence-corrected chi connectivity index (χ1v) is 13.4. The number of methoxy groups -OCH3 is 2. The van der Waals surface area contributed by atoms with Crippen molar-refractivity contribution in [3.8, 4) is 11.5 Å². The second kappa shape index (κ2) is 12.2. The summed E-state index contributed by atoms with van der Waals surface area (Å²) in [5.74, 6) is 0.0653. The summed E-state index contributed by atoms with van der Waals surface area (Å²) in [5, 5.41) is 3.56. The summed E-state index contributed by atoms with van der Waals surface area (Å²) in [7, 11) is 3.07. The number of hydrogen-bond acceptors (Lipinski definition) is 7. The molecule has 8 nitrogen and oxygen atoms in total. The highest BCUT2D eigenvalue weighted by Gasteiger charge is 2.30. The molecule has 3 aromatic carbocycles. The van der Waals surface area contributed by atoms with Crippen LogP contribution >= 0.6 is 0 Å². The first kappa shape index (κ1) is 27.1. The van der Waals surface area contributed by atoms with Gasteiger partial charge in [-0.05, 0) is 30.2 Å². The van der Waals surface area contributed by atoms with Crippen molar-refractivity contribution in [2.45, 2.75) is 39.0 Å². The molecule has 0 saturated heterocycles. The Bertz CT molecular complexity index is 1520. The van der Waals surface area contributed by atoms with E-state index >= 15 is 0 Å². The Balaban J connectivity index is 1.42. The van der Waals surface area contributed by atoms with E-state index in [1.807, 2.05) is 49.4 Å². The molecule has 5 rings (SSSR count). The van der Waals surface area contributed by atoms with Crippen molar-refractivity contribution in [2.24, 2.45) is 0 Å². The molecule has 4 aromatic rings. The molecule has 0 radical (unpaired) electrons. The molecule has 1 aliphatic rings. The van der Waals surface area contributed by atoms with Crippen LogP contribution in [-0.4, -0.2) is 48.6 Å². The Labute approximate surface area is 233 Å². The van der Waals surface area contributed by atoms with E-state index in [9.17, 15) is 9.59 Å². The highest BCUT2D eigenvalue weighted by atomic mass is 16.5. The molecule has 0 aliphatic carbocycles. The molecule has 0 saturated carbocycles. The van der Waals surface area contributed by atoms with Gasteiger partial charge in [-0.3, -0.25) is 14.7 Å². The zero-order valence-electron chi connectivity index (χ0n) is 23.0. The van der Waals surface area contributed by atoms with Crippen molar-refractivity contribution in [3.05, 3.63) is 95.2 Å². The second-order valence-corrected chi connectivity index (χ2v) is 9.73. The Morgan fingerprint density at radius 2 is 1.77 bits per heavy atom. The maximum atomic E-state index is 13.9. The van der Waals surface area contributed by atoms with Crippen LogP contribution < -0.4 is 14.8 Å². The summed E-state index contributed by atoms with van der Waals surface area (Å²) in [4.78, 5) is 34.3. The number of aromatic nitrogens is 1. The lowest BCUT2D eigenvalue weighted by molar-refractivity contribution is -0.124. The fraction of sp³-hybridized carbons (Fsp3) is 0.281. The molecule has 1 amide bonds. The van der Waals surface area contributed by atoms with Crippen LogP contribution in [0, 0.1) is 0 Å². The third-order valence-electron chi connectivity index (χ3n) is 7.16. The van der Waals surface area contributed by atoms with Crippen molar-refractivity contribution in [1.29, 1.82) is 0 Å². The largest absolute Gasteiger partial charge is 0.497 e. The average molecular weight is 540 g/mol. The molecule has 40 heavy (non-hydrogen) atoms. The number of anilines is 1. The molecule has 0 bridgehead atoms. The third kappa shape index (κ3) is 5.77. The van der Waals surface area contributed by atoms with Crippen LogP contribution in [0.5, 0.6) is 11.5 Å². The number of fused-ring (bicyclic) bond motifs is 2. The molecule has 0 fully saturated rings. The predicted octanol–water partition coefficient (Wildman–Crippen LogP) is 5.38. The van der Waals surface area contributed by atoms with Crippen LogP contribution in [0.25, 0.3) is 10.9 Å². The lowest BCUT2D eigenvalue weighted by Crippen LogP contribution is -2.35. The topological polar surface area (TPSA) is 90.0 Å². The number of nitrogens with zero attached hydrogens (tertiary/aromatic N) is 2. The lowest BCUT2D eigenvalue weighted by atomic mass is 9.95. The van der Waals surface area contributed by atoms with Gasteiger partial charge >= 0.3 is 5.97 Å². The SMILES string of the molecule is CCC(OC(=O)c1c2c(nc3ccccc13)CCN(Cc1ccccc1)C2)C(=O)Nc1cc(OC)ccc1OC. The van der Waals surface area contributed by atoms with Crippen LogP contribution in [0.4, 0.5) is 5.69 Å². The normalized spacial score (nSPS) is 13.8. The van der Waals surface area contributed by atoms with E-state index in [2.05, 4.69) is 22.3 Å². The van der Waals surface area contributed by atoms with E-state index in [1.54, 1.807) is 25.3 Å². The number of para-hydroxylation sites is 1. The fourth-order valence-corrected chi connectivity index (χ4v) is 5.09. The number of esters is 1. The predicted molar refractivity (Wildman–Crippen MR) is 154 cm³/mol. The van der Waals surface area contributed by atoms with E-state index in [-0.39, 0.29) is 0 Å². The molecule has 1 atom stereocenters. The summed E-state index contributed by atoms with van der Waals surface area (Å²) >= 11 is 0. The number of ether oxygens (including phenoxy) is 3. The number of amides is 1. The first-order valence-electron chi connectivity index (χ1n) is 13.4. The molecule has 8 heteroatoms. The Hall–Kier alpha value is -4.43. The highest BCUT2D eigenvalue weighted by molar-refractivity contribution is 6.06. The van der Waals surface area contributed by atoms with Crippen LogP contribution in [-0.2, 0) is 29.0 Å². The van der Waals surface area contributed by atoms with E-state index < -0.39 is 18.0 Å². The number of rotatable bonds is 9. The van der Waals surface area contributed by atoms with Gasteiger partial charge in [0.2, 0.25) is 0 Å². The van der Waals surface area contributed by atoms with E-state index in [1.165, 1.54) is 12.7 Å². The minimum atomic E-state index is -1.00. The number of pyridine rings is 1. The molecule has 206 valence electrons. The molecule has 1 unspecified atom stereocenters. The molecule has 0 spiro atoms. The maximum Gasteiger partial charge on any atom is 0.340 e. The number of carbonyl (C=O) groups excluding carboxylic acids is 2. The second-order valence-electron chi connectivity index (χ2n) is 9.73. The van der Waals surface area contributed by atoms with E-state index in [4.69, 9.17) is 19.2 Å². The van der Waals surface area contributed by atoms with Gasteiger partial charge in [-0.2, -0.15) is 0 Å². The quantitative estimate of drug-likeness (QED) is 0.286. The number of carbonyl (C=O) groups is 2. The molecule has 1 N–H and O–H groups in total. The van der Waals surface area contributed by atoms with Gasteiger partial charge in [-0.15, -0.1) is 0 Å². The van der Waals surface area contributed by atoms with Crippen molar-refractivity contribution < 1.29 is 23.8 Å². The summed E-state index contributed by atoms with van der Waals surface area (Å²) in [6, 6.07) is 23.0. The first-order chi connectivity index (χ1) is 19.5. The lowest BCUT2D eigenvalue weighted by Gasteiger charge is -2.30. The van der Waals surface area contributed by atoms with Gasteiger partial charge in [-0.1, -0.05) is 55.5 Å². The fourth-order valence-electron chi connectivity index (χ4n) is 5.09. The van der Waals surface area contributed by atoms with Gasteiger partial charge in [0.15, 0.2) is 6.10 Å². The minimum Gasteiger partial charge on any atom is -0.497 e. The Morgan fingerprint density at radius 3 is 2.52 bits per heavy atom. The number of benzene rings is 3. The molecule has 1 aliphatic heterocycles. The third-order valence-corrected chi connectivity index (χ3v) is 7.16. The molecular formula is C32H33N3O5. The van der Waals surface area contributed by atoms with Gasteiger partial charge in [0.25, 0.3) is 5.91 Å². The Morgan fingerprint density at radius 1 is 1.00 bits per heavy atom. The zero-order valence-corrected chi connectivity index (χ0v) is 23.0. The molecule has 2 heterocycles. The van der Waals surface area contributed by atoms with Gasteiger partial charge in [-0.25, -0.2) is 4.79 Å². The van der Waals surface area contributed by atoms with Gasteiger partial charge in [0.1, 0.15) is 11.5 Å². The highest BCUT2D eigenvalue weighted by Crippen LogP contribution is 2.31. The van der Waals surface area contributed by atoms with Crippen molar-refractivity contribution in [1.82, 2.24) is 9.88 Å². The van der Waals surface area contributed by atoms with E-state index in [0.717, 1.165) is 41.7 Å². The van der Waals surface area contributed by atoms with Crippen molar-refractivity contribution in [3.63, 3.8) is 0 Å². The van der Waals surface area contributed by atoms with Crippen LogP contribution in [0.2, 0.25) is 0 Å². The Kier molecular flexibility index (Phi) is 8.26. The average Bonchev–Trinajstić information content (AvgIpc) is 2.99. The standard InChI is InChI=1S/C32H33N3O5/c1-4-28(31(36)34-27-18-22(38-2)14-15-29(27)39-3)40-32(37)30-23-12-8-9-13-25(23)33-26-16-17-35(20-24(26)30)19-21-10-6-5-7-11-21/h5-15,18,28H,4,16-17,19-20H2,1-3H3,(H,34,36). The summed E-state index contributed by atoms with van der Waals surface area (Å²) in [6.07, 6.45) is 0.0190. The van der Waals surface area contributed by atoms with Crippen LogP contribution in [0.15, 0.2) is 72.8 Å². The number of nitrogens with one attached hydrogen (secondary N) is 1. The van der Waals surface area contributed by atoms with Crippen LogP contribution in [0.1, 0.15) is 40.5 Å². The van der Waals surface area contributed by atoms with Crippen molar-refractivity contribution >= 4 is 28.5 Å². The number of hydrogen-bond donors (Lipinski definition) is 1. The maximum absolute atomic E-state index is 13.9. The summed E-state index contributed by atoms with van der Waals surface area (Å²) < 4.78 is 16.6. The summed E-state index contributed by atoms with van der Waals surface area (Å²) in [5.41, 5.74) is 4.61. The van der Waals surface area contributed by atoms with Crippen LogP contribution in [0.3, 0.4) is 0 Å². The van der Waals surface area contributed by atoms with Crippen molar-refractivity contribution in [2.75, 3.05) is 26.1 Å². The molecular weight excluding hydrogens is 506 g/mol. The van der Waals surface area contributed by atoms with Gasteiger partial charge in [0, 0.05) is 48.8 Å². The van der Waals surface area contributed by atoms with Gasteiger partial charge < -0.3 is 19.5 Å². The smallest absolute Gasteiger partial charge is 0.340 e. The minimum absolute atomic E-state index is 0.301. The molecule has 1 aromatic heterocycles. The zero-order chi connectivity index (χ0) is 28.1. The van der Waals surface area contributed by atoms with Gasteiger partial charge in [0.05, 0.1) is 31.0 Å².